The monoisotopic (exact) mass is 233 g/mol. The van der Waals surface area contributed by atoms with E-state index in [4.69, 9.17) is 0 Å². The quantitative estimate of drug-likeness (QED) is 0.690. The van der Waals surface area contributed by atoms with Gasteiger partial charge in [-0.2, -0.15) is 0 Å². The maximum absolute atomic E-state index is 3.63. The molecule has 0 bridgehead atoms. The molecule has 1 atom stereocenters. The molecule has 0 spiro atoms. The number of hydrogen-bond acceptors (Lipinski definition) is 1. The van der Waals surface area contributed by atoms with Gasteiger partial charge in [-0.3, -0.25) is 0 Å². The Labute approximate surface area is 107 Å². The Morgan fingerprint density at radius 3 is 2.65 bits per heavy atom. The van der Waals surface area contributed by atoms with Crippen molar-refractivity contribution in [3.63, 3.8) is 0 Å². The van der Waals surface area contributed by atoms with E-state index < -0.39 is 0 Å². The fraction of sp³-hybridized carbons (Fsp3) is 0.625. The molecule has 1 aromatic carbocycles. The summed E-state index contributed by atoms with van der Waals surface area (Å²) in [6.45, 7) is 9.95. The van der Waals surface area contributed by atoms with E-state index in [2.05, 4.69) is 51.2 Å². The molecule has 96 valence electrons. The van der Waals surface area contributed by atoms with E-state index in [-0.39, 0.29) is 0 Å². The van der Waals surface area contributed by atoms with E-state index in [0.717, 1.165) is 6.54 Å². The van der Waals surface area contributed by atoms with Crippen LogP contribution in [0.15, 0.2) is 18.2 Å². The summed E-state index contributed by atoms with van der Waals surface area (Å²) < 4.78 is 0. The van der Waals surface area contributed by atoms with Crippen molar-refractivity contribution in [2.45, 2.75) is 66.0 Å². The van der Waals surface area contributed by atoms with Gasteiger partial charge in [0.1, 0.15) is 0 Å². The first-order chi connectivity index (χ1) is 8.15. The van der Waals surface area contributed by atoms with Crippen molar-refractivity contribution in [1.29, 1.82) is 0 Å². The van der Waals surface area contributed by atoms with Gasteiger partial charge in [0.2, 0.25) is 0 Å². The SMILES string of the molecule is CCCCCC(C)NCc1cccc(C)c1C. The van der Waals surface area contributed by atoms with Gasteiger partial charge in [0.05, 0.1) is 0 Å². The zero-order valence-corrected chi connectivity index (χ0v) is 11.8. The summed E-state index contributed by atoms with van der Waals surface area (Å²) >= 11 is 0. The van der Waals surface area contributed by atoms with Crippen LogP contribution in [0, 0.1) is 13.8 Å². The number of aryl methyl sites for hydroxylation is 1. The number of nitrogens with one attached hydrogen (secondary N) is 1. The first-order valence-electron chi connectivity index (χ1n) is 6.93. The number of hydrogen-bond donors (Lipinski definition) is 1. The molecular formula is C16H27N. The minimum atomic E-state index is 0.626. The summed E-state index contributed by atoms with van der Waals surface area (Å²) in [5.41, 5.74) is 4.26. The molecule has 0 aliphatic rings. The molecule has 0 saturated carbocycles. The lowest BCUT2D eigenvalue weighted by Crippen LogP contribution is -2.25. The van der Waals surface area contributed by atoms with Crippen LogP contribution in [0.2, 0.25) is 0 Å². The van der Waals surface area contributed by atoms with E-state index in [1.807, 2.05) is 0 Å². The summed E-state index contributed by atoms with van der Waals surface area (Å²) in [4.78, 5) is 0. The van der Waals surface area contributed by atoms with E-state index in [1.165, 1.54) is 42.4 Å². The minimum Gasteiger partial charge on any atom is -0.310 e. The predicted octanol–water partition coefficient (Wildman–Crippen LogP) is 4.36. The molecule has 0 fully saturated rings. The third-order valence-corrected chi connectivity index (χ3v) is 3.60. The Morgan fingerprint density at radius 1 is 1.18 bits per heavy atom. The molecule has 1 heteroatoms. The van der Waals surface area contributed by atoms with Gasteiger partial charge in [-0.15, -0.1) is 0 Å². The highest BCUT2D eigenvalue weighted by molar-refractivity contribution is 5.32. The molecule has 1 rings (SSSR count). The predicted molar refractivity (Wildman–Crippen MR) is 76.4 cm³/mol. The second-order valence-electron chi connectivity index (χ2n) is 5.14. The van der Waals surface area contributed by atoms with Gasteiger partial charge in [-0.05, 0) is 43.9 Å². The van der Waals surface area contributed by atoms with E-state index >= 15 is 0 Å². The van der Waals surface area contributed by atoms with Crippen LogP contribution >= 0.6 is 0 Å². The standard InChI is InChI=1S/C16H27N/c1-5-6-7-10-14(3)17-12-16-11-8-9-13(2)15(16)4/h8-9,11,14,17H,5-7,10,12H2,1-4H3. The largest absolute Gasteiger partial charge is 0.310 e. The van der Waals surface area contributed by atoms with Crippen LogP contribution in [0.1, 0.15) is 56.2 Å². The zero-order chi connectivity index (χ0) is 12.7. The summed E-state index contributed by atoms with van der Waals surface area (Å²) in [7, 11) is 0. The van der Waals surface area contributed by atoms with Crippen molar-refractivity contribution in [3.8, 4) is 0 Å². The van der Waals surface area contributed by atoms with Crippen molar-refractivity contribution in [3.05, 3.63) is 34.9 Å². The van der Waals surface area contributed by atoms with Crippen LogP contribution in [0.5, 0.6) is 0 Å². The van der Waals surface area contributed by atoms with Gasteiger partial charge in [-0.25, -0.2) is 0 Å². The second kappa shape index (κ2) is 7.50. The molecular weight excluding hydrogens is 206 g/mol. The topological polar surface area (TPSA) is 12.0 Å². The minimum absolute atomic E-state index is 0.626. The van der Waals surface area contributed by atoms with Crippen molar-refractivity contribution < 1.29 is 0 Å². The lowest BCUT2D eigenvalue weighted by molar-refractivity contribution is 0.486. The summed E-state index contributed by atoms with van der Waals surface area (Å²) in [5.74, 6) is 0. The zero-order valence-electron chi connectivity index (χ0n) is 11.8. The highest BCUT2D eigenvalue weighted by atomic mass is 14.9. The maximum Gasteiger partial charge on any atom is 0.0210 e. The van der Waals surface area contributed by atoms with Crippen LogP contribution < -0.4 is 5.32 Å². The van der Waals surface area contributed by atoms with Gasteiger partial charge >= 0.3 is 0 Å². The first kappa shape index (κ1) is 14.2. The molecule has 0 radical (unpaired) electrons. The Hall–Kier alpha value is -0.820. The lowest BCUT2D eigenvalue weighted by Gasteiger charge is -2.15. The molecule has 17 heavy (non-hydrogen) atoms. The van der Waals surface area contributed by atoms with Crippen LogP contribution in [0.25, 0.3) is 0 Å². The smallest absolute Gasteiger partial charge is 0.0210 e. The van der Waals surface area contributed by atoms with Gasteiger partial charge < -0.3 is 5.32 Å². The van der Waals surface area contributed by atoms with E-state index in [9.17, 15) is 0 Å². The maximum atomic E-state index is 3.63. The Morgan fingerprint density at radius 2 is 1.94 bits per heavy atom. The molecule has 0 aromatic heterocycles. The van der Waals surface area contributed by atoms with Gasteiger partial charge in [-0.1, -0.05) is 44.4 Å². The van der Waals surface area contributed by atoms with Crippen molar-refractivity contribution in [1.82, 2.24) is 5.32 Å². The third kappa shape index (κ3) is 4.91. The molecule has 0 aliphatic heterocycles. The van der Waals surface area contributed by atoms with Crippen molar-refractivity contribution >= 4 is 0 Å². The first-order valence-corrected chi connectivity index (χ1v) is 6.93. The van der Waals surface area contributed by atoms with E-state index in [0.29, 0.717) is 6.04 Å². The highest BCUT2D eigenvalue weighted by Crippen LogP contribution is 2.13. The number of benzene rings is 1. The Balaban J connectivity index is 2.37. The fourth-order valence-electron chi connectivity index (χ4n) is 2.09. The van der Waals surface area contributed by atoms with Gasteiger partial charge in [0, 0.05) is 12.6 Å². The molecule has 0 saturated heterocycles. The van der Waals surface area contributed by atoms with Crippen LogP contribution in [-0.4, -0.2) is 6.04 Å². The molecule has 1 aromatic rings. The number of rotatable bonds is 7. The normalized spacial score (nSPS) is 12.7. The van der Waals surface area contributed by atoms with Crippen LogP contribution in [0.3, 0.4) is 0 Å². The molecule has 1 nitrogen and oxygen atoms in total. The van der Waals surface area contributed by atoms with Gasteiger partial charge in [0.25, 0.3) is 0 Å². The van der Waals surface area contributed by atoms with Crippen molar-refractivity contribution in [2.75, 3.05) is 0 Å². The average molecular weight is 233 g/mol. The van der Waals surface area contributed by atoms with Crippen LogP contribution in [-0.2, 0) is 6.54 Å². The van der Waals surface area contributed by atoms with Gasteiger partial charge in [0.15, 0.2) is 0 Å². The molecule has 1 N–H and O–H groups in total. The second-order valence-corrected chi connectivity index (χ2v) is 5.14. The summed E-state index contributed by atoms with van der Waals surface area (Å²) in [5, 5.41) is 3.63. The molecule has 1 unspecified atom stereocenters. The van der Waals surface area contributed by atoms with Crippen LogP contribution in [0.4, 0.5) is 0 Å². The fourth-order valence-corrected chi connectivity index (χ4v) is 2.09. The van der Waals surface area contributed by atoms with E-state index in [1.54, 1.807) is 0 Å². The average Bonchev–Trinajstić information content (AvgIpc) is 2.31. The Bertz CT molecular complexity index is 330. The molecule has 0 aliphatic carbocycles. The molecule has 0 amide bonds. The highest BCUT2D eigenvalue weighted by Gasteiger charge is 2.04. The Kier molecular flexibility index (Phi) is 6.28. The lowest BCUT2D eigenvalue weighted by atomic mass is 10.0. The summed E-state index contributed by atoms with van der Waals surface area (Å²) in [6, 6.07) is 7.19. The third-order valence-electron chi connectivity index (χ3n) is 3.60. The molecule has 0 heterocycles. The van der Waals surface area contributed by atoms with Crippen molar-refractivity contribution in [2.24, 2.45) is 0 Å². The number of unbranched alkanes of at least 4 members (excludes halogenated alkanes) is 2. The summed E-state index contributed by atoms with van der Waals surface area (Å²) in [6.07, 6.45) is 5.30.